The van der Waals surface area contributed by atoms with Crippen LogP contribution in [0.2, 0.25) is 0 Å². The van der Waals surface area contributed by atoms with Crippen LogP contribution in [-0.2, 0) is 0 Å². The van der Waals surface area contributed by atoms with Gasteiger partial charge in [0, 0.05) is 0 Å². The van der Waals surface area contributed by atoms with E-state index in [1.165, 1.54) is 12.0 Å². The molecule has 0 atom stereocenters. The van der Waals surface area contributed by atoms with Gasteiger partial charge in [-0.1, -0.05) is 51.5 Å². The molecule has 0 nitrogen and oxygen atoms in total. The fourth-order valence-corrected chi connectivity index (χ4v) is 0.853. The number of hydrogen-bond acceptors (Lipinski definition) is 0. The van der Waals surface area contributed by atoms with E-state index >= 15 is 0 Å². The van der Waals surface area contributed by atoms with Gasteiger partial charge in [0.25, 0.3) is 0 Å². The van der Waals surface area contributed by atoms with E-state index < -0.39 is 0 Å². The average Bonchev–Trinajstić information content (AvgIpc) is 2.05. The summed E-state index contributed by atoms with van der Waals surface area (Å²) in [4.78, 5) is 0. The van der Waals surface area contributed by atoms with Gasteiger partial charge in [0.2, 0.25) is 0 Å². The maximum absolute atomic E-state index is 2.29. The average molecular weight is 166 g/mol. The van der Waals surface area contributed by atoms with Crippen molar-refractivity contribution < 1.29 is 0 Å². The van der Waals surface area contributed by atoms with Crippen molar-refractivity contribution in [3.63, 3.8) is 0 Å². The van der Waals surface area contributed by atoms with Gasteiger partial charge in [-0.25, -0.2) is 0 Å². The van der Waals surface area contributed by atoms with Crippen LogP contribution in [-0.4, -0.2) is 0 Å². The fourth-order valence-electron chi connectivity index (χ4n) is 0.853. The predicted molar refractivity (Wildman–Crippen MR) is 57.3 cm³/mol. The molecule has 0 saturated heterocycles. The highest BCUT2D eigenvalue weighted by atomic mass is 14.2. The fraction of sp³-hybridized carbons (Fsp3) is 0.667. The van der Waals surface area contributed by atoms with Crippen molar-refractivity contribution >= 4 is 0 Å². The van der Waals surface area contributed by atoms with Crippen LogP contribution >= 0.6 is 0 Å². The highest BCUT2D eigenvalue weighted by molar-refractivity contribution is 5.16. The quantitative estimate of drug-likeness (QED) is 0.545. The van der Waals surface area contributed by atoms with Crippen LogP contribution in [0.1, 0.15) is 47.5 Å². The Kier molecular flexibility index (Phi) is 4.96. The second kappa shape index (κ2) is 5.18. The molecule has 0 aliphatic carbocycles. The predicted octanol–water partition coefficient (Wildman–Crippen LogP) is 4.34. The summed E-state index contributed by atoms with van der Waals surface area (Å²) < 4.78 is 0. The minimum Gasteiger partial charge on any atom is -0.0848 e. The van der Waals surface area contributed by atoms with Crippen molar-refractivity contribution in [2.24, 2.45) is 5.41 Å². The number of hydrogen-bond donors (Lipinski definition) is 0. The summed E-state index contributed by atoms with van der Waals surface area (Å²) in [6.45, 7) is 11.2. The van der Waals surface area contributed by atoms with E-state index in [-0.39, 0.29) is 0 Å². The number of rotatable bonds is 4. The summed E-state index contributed by atoms with van der Waals surface area (Å²) in [7, 11) is 0. The van der Waals surface area contributed by atoms with Crippen molar-refractivity contribution in [2.45, 2.75) is 47.5 Å². The minimum absolute atomic E-state index is 0.359. The molecule has 0 heterocycles. The molecule has 0 spiro atoms. The van der Waals surface area contributed by atoms with Crippen molar-refractivity contribution in [3.8, 4) is 0 Å². The first-order valence-corrected chi connectivity index (χ1v) is 4.88. The molecule has 70 valence electrons. The van der Waals surface area contributed by atoms with Crippen molar-refractivity contribution in [1.29, 1.82) is 0 Å². The van der Waals surface area contributed by atoms with Gasteiger partial charge >= 0.3 is 0 Å². The summed E-state index contributed by atoms with van der Waals surface area (Å²) in [6, 6.07) is 0. The molecule has 0 heteroatoms. The summed E-state index contributed by atoms with van der Waals surface area (Å²) in [5.74, 6) is 0. The Labute approximate surface area is 77.4 Å². The molecule has 12 heavy (non-hydrogen) atoms. The van der Waals surface area contributed by atoms with Gasteiger partial charge in [-0.15, -0.1) is 0 Å². The molecule has 0 aromatic heterocycles. The smallest absolute Gasteiger partial charge is 0.0147 e. The third-order valence-corrected chi connectivity index (χ3v) is 2.67. The van der Waals surface area contributed by atoms with Crippen LogP contribution in [0.5, 0.6) is 0 Å². The van der Waals surface area contributed by atoms with Gasteiger partial charge in [0.1, 0.15) is 0 Å². The molecule has 0 aromatic rings. The van der Waals surface area contributed by atoms with Crippen LogP contribution in [0.3, 0.4) is 0 Å². The third-order valence-electron chi connectivity index (χ3n) is 2.67. The molecular weight excluding hydrogens is 144 g/mol. The summed E-state index contributed by atoms with van der Waals surface area (Å²) in [5.41, 5.74) is 1.83. The lowest BCUT2D eigenvalue weighted by Crippen LogP contribution is -2.10. The molecule has 0 bridgehead atoms. The first-order valence-electron chi connectivity index (χ1n) is 4.88. The van der Waals surface area contributed by atoms with Crippen LogP contribution in [0.4, 0.5) is 0 Å². The van der Waals surface area contributed by atoms with Crippen LogP contribution < -0.4 is 0 Å². The lowest BCUT2D eigenvalue weighted by Gasteiger charge is -2.23. The summed E-state index contributed by atoms with van der Waals surface area (Å²) >= 11 is 0. The molecule has 0 aromatic carbocycles. The highest BCUT2D eigenvalue weighted by Gasteiger charge is 2.15. The van der Waals surface area contributed by atoms with Gasteiger partial charge in [-0.05, 0) is 25.2 Å². The van der Waals surface area contributed by atoms with E-state index in [2.05, 4.69) is 52.8 Å². The molecule has 0 aliphatic heterocycles. The van der Waals surface area contributed by atoms with E-state index in [1.54, 1.807) is 0 Å². The Balaban J connectivity index is 4.26. The lowest BCUT2D eigenvalue weighted by atomic mass is 9.82. The van der Waals surface area contributed by atoms with Crippen LogP contribution in [0.15, 0.2) is 23.8 Å². The Morgan fingerprint density at radius 3 is 2.25 bits per heavy atom. The zero-order valence-electron chi connectivity index (χ0n) is 9.15. The Bertz CT molecular complexity index is 170. The highest BCUT2D eigenvalue weighted by Crippen LogP contribution is 2.29. The Hall–Kier alpha value is -0.520. The topological polar surface area (TPSA) is 0 Å². The molecule has 0 radical (unpaired) electrons. The number of allylic oxidation sites excluding steroid dienone is 4. The lowest BCUT2D eigenvalue weighted by molar-refractivity contribution is 0.429. The molecule has 0 aliphatic rings. The van der Waals surface area contributed by atoms with Crippen molar-refractivity contribution in [3.05, 3.63) is 23.8 Å². The Morgan fingerprint density at radius 2 is 1.83 bits per heavy atom. The van der Waals surface area contributed by atoms with E-state index in [4.69, 9.17) is 0 Å². The Morgan fingerprint density at radius 1 is 1.25 bits per heavy atom. The minimum atomic E-state index is 0.359. The maximum Gasteiger partial charge on any atom is -0.0147 e. The molecule has 0 amide bonds. The zero-order chi connectivity index (χ0) is 9.61. The van der Waals surface area contributed by atoms with E-state index in [9.17, 15) is 0 Å². The van der Waals surface area contributed by atoms with E-state index in [0.29, 0.717) is 5.41 Å². The van der Waals surface area contributed by atoms with Gasteiger partial charge in [0.15, 0.2) is 0 Å². The maximum atomic E-state index is 2.29. The van der Waals surface area contributed by atoms with Gasteiger partial charge in [-0.3, -0.25) is 0 Å². The monoisotopic (exact) mass is 166 g/mol. The molecule has 0 saturated carbocycles. The van der Waals surface area contributed by atoms with E-state index in [0.717, 1.165) is 6.42 Å². The standard InChI is InChI=1S/C12H22/c1-6-8-9-10-11(3)12(4,5)7-2/h8-10H,6-7H2,1-5H3. The molecule has 0 N–H and O–H groups in total. The summed E-state index contributed by atoms with van der Waals surface area (Å²) in [5, 5.41) is 0. The molecule has 0 rings (SSSR count). The normalized spacial score (nSPS) is 14.2. The van der Waals surface area contributed by atoms with Crippen LogP contribution in [0, 0.1) is 5.41 Å². The zero-order valence-corrected chi connectivity index (χ0v) is 9.15. The van der Waals surface area contributed by atoms with E-state index in [1.807, 2.05) is 0 Å². The second-order valence-corrected chi connectivity index (χ2v) is 3.92. The second-order valence-electron chi connectivity index (χ2n) is 3.92. The van der Waals surface area contributed by atoms with Crippen LogP contribution in [0.25, 0.3) is 0 Å². The first-order chi connectivity index (χ1) is 5.54. The molecule has 0 unspecified atom stereocenters. The van der Waals surface area contributed by atoms with Crippen molar-refractivity contribution in [2.75, 3.05) is 0 Å². The SMILES string of the molecule is CCC=CC=C(C)C(C)(C)CC. The van der Waals surface area contributed by atoms with Gasteiger partial charge in [0.05, 0.1) is 0 Å². The van der Waals surface area contributed by atoms with Gasteiger partial charge in [-0.2, -0.15) is 0 Å². The summed E-state index contributed by atoms with van der Waals surface area (Å²) in [6.07, 6.45) is 8.90. The largest absolute Gasteiger partial charge is 0.0848 e. The van der Waals surface area contributed by atoms with Gasteiger partial charge < -0.3 is 0 Å². The molecule has 0 fully saturated rings. The van der Waals surface area contributed by atoms with Crippen molar-refractivity contribution in [1.82, 2.24) is 0 Å². The third kappa shape index (κ3) is 3.75. The first kappa shape index (κ1) is 11.5. The molecular formula is C12H22.